The number of pyridine rings is 1. The Morgan fingerprint density at radius 2 is 2.20 bits per heavy atom. The number of allylic oxidation sites excluding steroid dienone is 1. The van der Waals surface area contributed by atoms with Gasteiger partial charge in [0.25, 0.3) is 0 Å². The number of unbranched alkanes of at least 4 members (excludes halogenated alkanes) is 3. The lowest BCUT2D eigenvalue weighted by Crippen LogP contribution is -2.32. The van der Waals surface area contributed by atoms with Crippen LogP contribution >= 0.6 is 0 Å². The van der Waals surface area contributed by atoms with E-state index in [1.54, 1.807) is 0 Å². The topological polar surface area (TPSA) is 3.88 Å². The summed E-state index contributed by atoms with van der Waals surface area (Å²) in [5.74, 6) is 0. The van der Waals surface area contributed by atoms with Crippen LogP contribution in [-0.2, 0) is 13.0 Å². The average Bonchev–Trinajstić information content (AvgIpc) is 2.26. The molecule has 0 aliphatic carbocycles. The lowest BCUT2D eigenvalue weighted by Gasteiger charge is -2.00. The summed E-state index contributed by atoms with van der Waals surface area (Å²) in [6, 6.07) is 4.34. The van der Waals surface area contributed by atoms with E-state index in [4.69, 9.17) is 0 Å². The van der Waals surface area contributed by atoms with Crippen molar-refractivity contribution in [2.75, 3.05) is 0 Å². The van der Waals surface area contributed by atoms with Crippen molar-refractivity contribution in [2.24, 2.45) is 0 Å². The molecule has 0 N–H and O–H groups in total. The van der Waals surface area contributed by atoms with E-state index in [1.165, 1.54) is 37.7 Å². The number of aromatic nitrogens is 1. The van der Waals surface area contributed by atoms with Crippen molar-refractivity contribution in [3.05, 3.63) is 42.7 Å². The van der Waals surface area contributed by atoms with Gasteiger partial charge in [-0.25, -0.2) is 4.57 Å². The van der Waals surface area contributed by atoms with E-state index in [1.807, 2.05) is 6.08 Å². The van der Waals surface area contributed by atoms with Crippen LogP contribution in [-0.4, -0.2) is 0 Å². The zero-order valence-electron chi connectivity index (χ0n) is 9.78. The van der Waals surface area contributed by atoms with Crippen molar-refractivity contribution in [1.82, 2.24) is 0 Å². The molecule has 0 atom stereocenters. The molecule has 1 aromatic heterocycles. The first-order chi connectivity index (χ1) is 7.36. The minimum absolute atomic E-state index is 0.906. The Morgan fingerprint density at radius 1 is 1.33 bits per heavy atom. The molecule has 82 valence electrons. The van der Waals surface area contributed by atoms with Crippen LogP contribution < -0.4 is 4.57 Å². The first-order valence-electron chi connectivity index (χ1n) is 5.95. The Kier molecular flexibility index (Phi) is 5.76. The quantitative estimate of drug-likeness (QED) is 0.364. The van der Waals surface area contributed by atoms with Crippen LogP contribution in [0.2, 0.25) is 0 Å². The standard InChI is InChI=1S/C14H22N/c1-3-5-6-7-9-14-10-8-12-15(13-14)11-4-2/h4,8,10,12-13H,2-3,5-7,9,11H2,1H3/q+1. The monoisotopic (exact) mass is 204 g/mol. The zero-order chi connectivity index (χ0) is 10.9. The fourth-order valence-corrected chi connectivity index (χ4v) is 1.74. The average molecular weight is 204 g/mol. The number of rotatable bonds is 7. The molecule has 0 bridgehead atoms. The van der Waals surface area contributed by atoms with Gasteiger partial charge in [0.2, 0.25) is 0 Å². The molecule has 1 aromatic rings. The third-order valence-electron chi connectivity index (χ3n) is 2.58. The van der Waals surface area contributed by atoms with Gasteiger partial charge in [-0.1, -0.05) is 32.8 Å². The normalized spacial score (nSPS) is 10.2. The second kappa shape index (κ2) is 7.22. The van der Waals surface area contributed by atoms with Crippen molar-refractivity contribution < 1.29 is 4.57 Å². The van der Waals surface area contributed by atoms with Gasteiger partial charge in [-0.3, -0.25) is 0 Å². The van der Waals surface area contributed by atoms with Gasteiger partial charge >= 0.3 is 0 Å². The fourth-order valence-electron chi connectivity index (χ4n) is 1.74. The second-order valence-corrected chi connectivity index (χ2v) is 4.01. The van der Waals surface area contributed by atoms with E-state index in [-0.39, 0.29) is 0 Å². The summed E-state index contributed by atoms with van der Waals surface area (Å²) >= 11 is 0. The summed E-state index contributed by atoms with van der Waals surface area (Å²) in [5.41, 5.74) is 1.44. The maximum Gasteiger partial charge on any atom is 0.172 e. The minimum Gasteiger partial charge on any atom is -0.201 e. The van der Waals surface area contributed by atoms with E-state index in [0.29, 0.717) is 0 Å². The van der Waals surface area contributed by atoms with Crippen LogP contribution in [0.3, 0.4) is 0 Å². The third-order valence-corrected chi connectivity index (χ3v) is 2.58. The smallest absolute Gasteiger partial charge is 0.172 e. The highest BCUT2D eigenvalue weighted by atomic mass is 14.9. The van der Waals surface area contributed by atoms with Crippen LogP contribution in [0, 0.1) is 0 Å². The highest BCUT2D eigenvalue weighted by Crippen LogP contribution is 2.05. The van der Waals surface area contributed by atoms with Crippen LogP contribution in [0.15, 0.2) is 37.2 Å². The third kappa shape index (κ3) is 4.78. The zero-order valence-corrected chi connectivity index (χ0v) is 9.78. The molecule has 1 heteroatoms. The van der Waals surface area contributed by atoms with Gasteiger partial charge < -0.3 is 0 Å². The van der Waals surface area contributed by atoms with E-state index >= 15 is 0 Å². The summed E-state index contributed by atoms with van der Waals surface area (Å²) in [6.45, 7) is 6.91. The molecule has 0 radical (unpaired) electrons. The van der Waals surface area contributed by atoms with Gasteiger partial charge in [-0.15, -0.1) is 0 Å². The molecule has 15 heavy (non-hydrogen) atoms. The predicted octanol–water partition coefficient (Wildman–Crippen LogP) is 3.28. The van der Waals surface area contributed by atoms with Crippen molar-refractivity contribution in [3.8, 4) is 0 Å². The van der Waals surface area contributed by atoms with Gasteiger partial charge in [0.1, 0.15) is 0 Å². The van der Waals surface area contributed by atoms with Gasteiger partial charge in [0, 0.05) is 11.6 Å². The minimum atomic E-state index is 0.906. The maximum atomic E-state index is 3.75. The molecule has 0 aromatic carbocycles. The molecule has 1 rings (SSSR count). The molecule has 0 saturated heterocycles. The molecule has 1 heterocycles. The molecule has 0 amide bonds. The molecule has 0 unspecified atom stereocenters. The first-order valence-corrected chi connectivity index (χ1v) is 5.95. The molecular weight excluding hydrogens is 182 g/mol. The molecule has 0 spiro atoms. The van der Waals surface area contributed by atoms with Crippen LogP contribution in [0.4, 0.5) is 0 Å². The van der Waals surface area contributed by atoms with Gasteiger partial charge in [-0.2, -0.15) is 0 Å². The van der Waals surface area contributed by atoms with Crippen LogP contribution in [0.1, 0.15) is 38.2 Å². The number of aryl methyl sites for hydroxylation is 1. The number of nitrogens with zero attached hydrogens (tertiary/aromatic N) is 1. The van der Waals surface area contributed by atoms with Gasteiger partial charge in [0.15, 0.2) is 18.9 Å². The Labute approximate surface area is 93.5 Å². The fraction of sp³-hybridized carbons (Fsp3) is 0.500. The van der Waals surface area contributed by atoms with Crippen molar-refractivity contribution >= 4 is 0 Å². The Morgan fingerprint density at radius 3 is 2.93 bits per heavy atom. The first kappa shape index (κ1) is 12.0. The Bertz CT molecular complexity index is 291. The van der Waals surface area contributed by atoms with Gasteiger partial charge in [-0.05, 0) is 25.0 Å². The molecule has 1 nitrogen and oxygen atoms in total. The largest absolute Gasteiger partial charge is 0.201 e. The van der Waals surface area contributed by atoms with Crippen molar-refractivity contribution in [2.45, 2.75) is 45.6 Å². The highest BCUT2D eigenvalue weighted by molar-refractivity contribution is 5.05. The Hall–Kier alpha value is -1.11. The van der Waals surface area contributed by atoms with Crippen LogP contribution in [0.25, 0.3) is 0 Å². The van der Waals surface area contributed by atoms with E-state index < -0.39 is 0 Å². The van der Waals surface area contributed by atoms with Crippen LogP contribution in [0.5, 0.6) is 0 Å². The van der Waals surface area contributed by atoms with E-state index in [2.05, 4.69) is 42.6 Å². The summed E-state index contributed by atoms with van der Waals surface area (Å²) < 4.78 is 2.18. The molecule has 0 saturated carbocycles. The Balaban J connectivity index is 2.39. The van der Waals surface area contributed by atoms with Crippen molar-refractivity contribution in [3.63, 3.8) is 0 Å². The van der Waals surface area contributed by atoms with E-state index in [9.17, 15) is 0 Å². The maximum absolute atomic E-state index is 3.75. The SMILES string of the molecule is C=CC[n+]1cccc(CCCCCC)c1. The summed E-state index contributed by atoms with van der Waals surface area (Å²) in [5, 5.41) is 0. The lowest BCUT2D eigenvalue weighted by molar-refractivity contribution is -0.687. The highest BCUT2D eigenvalue weighted by Gasteiger charge is 2.00. The summed E-state index contributed by atoms with van der Waals surface area (Å²) in [4.78, 5) is 0. The number of hydrogen-bond acceptors (Lipinski definition) is 0. The predicted molar refractivity (Wildman–Crippen MR) is 64.7 cm³/mol. The summed E-state index contributed by atoms with van der Waals surface area (Å²) in [7, 11) is 0. The molecule has 0 fully saturated rings. The van der Waals surface area contributed by atoms with Crippen molar-refractivity contribution in [1.29, 1.82) is 0 Å². The molecule has 0 aliphatic rings. The second-order valence-electron chi connectivity index (χ2n) is 4.01. The molecular formula is C14H22N+. The molecule has 0 aliphatic heterocycles. The summed E-state index contributed by atoms with van der Waals surface area (Å²) in [6.07, 6.45) is 12.8. The number of hydrogen-bond donors (Lipinski definition) is 0. The van der Waals surface area contributed by atoms with E-state index in [0.717, 1.165) is 6.54 Å². The lowest BCUT2D eigenvalue weighted by atomic mass is 10.1. The van der Waals surface area contributed by atoms with Gasteiger partial charge in [0.05, 0.1) is 0 Å².